The van der Waals surface area contributed by atoms with Crippen molar-refractivity contribution in [1.82, 2.24) is 4.90 Å². The van der Waals surface area contributed by atoms with Crippen molar-refractivity contribution < 1.29 is 19.8 Å². The number of hydrogen-bond donors (Lipinski definition) is 2. The summed E-state index contributed by atoms with van der Waals surface area (Å²) in [5.74, 6) is -1.02. The van der Waals surface area contributed by atoms with Gasteiger partial charge in [0.2, 0.25) is 5.91 Å². The minimum Gasteiger partial charge on any atom is -0.481 e. The summed E-state index contributed by atoms with van der Waals surface area (Å²) in [6.45, 7) is 3.92. The molecular weight excluding hydrogens is 234 g/mol. The highest BCUT2D eigenvalue weighted by atomic mass is 16.4. The Bertz CT molecular complexity index is 308. The molecule has 1 rings (SSSR count). The second kappa shape index (κ2) is 6.18. The van der Waals surface area contributed by atoms with E-state index in [2.05, 4.69) is 0 Å². The Kier molecular flexibility index (Phi) is 5.14. The molecule has 0 unspecified atom stereocenters. The van der Waals surface area contributed by atoms with Crippen LogP contribution in [-0.4, -0.2) is 46.2 Å². The molecule has 0 atom stereocenters. The number of rotatable bonds is 6. The number of amides is 1. The first-order chi connectivity index (χ1) is 8.43. The lowest BCUT2D eigenvalue weighted by molar-refractivity contribution is -0.154. The van der Waals surface area contributed by atoms with Crippen molar-refractivity contribution >= 4 is 11.9 Å². The zero-order valence-electron chi connectivity index (χ0n) is 11.2. The molecule has 0 spiro atoms. The van der Waals surface area contributed by atoms with Crippen LogP contribution in [0.15, 0.2) is 0 Å². The van der Waals surface area contributed by atoms with Crippen molar-refractivity contribution in [2.24, 2.45) is 5.41 Å². The van der Waals surface area contributed by atoms with Crippen LogP contribution >= 0.6 is 0 Å². The van der Waals surface area contributed by atoms with E-state index in [1.54, 1.807) is 4.90 Å². The van der Waals surface area contributed by atoms with E-state index < -0.39 is 11.4 Å². The van der Waals surface area contributed by atoms with E-state index in [-0.39, 0.29) is 31.5 Å². The molecule has 1 saturated carbocycles. The van der Waals surface area contributed by atoms with Gasteiger partial charge in [0.25, 0.3) is 0 Å². The number of carboxylic acids is 1. The number of aliphatic hydroxyl groups excluding tert-OH is 1. The number of hydrogen-bond acceptors (Lipinski definition) is 3. The monoisotopic (exact) mass is 257 g/mol. The van der Waals surface area contributed by atoms with Gasteiger partial charge in [-0.1, -0.05) is 12.8 Å². The molecule has 0 aromatic rings. The van der Waals surface area contributed by atoms with E-state index >= 15 is 0 Å². The molecule has 0 radical (unpaired) electrons. The molecule has 104 valence electrons. The van der Waals surface area contributed by atoms with Crippen molar-refractivity contribution in [3.63, 3.8) is 0 Å². The summed E-state index contributed by atoms with van der Waals surface area (Å²) in [4.78, 5) is 25.1. The van der Waals surface area contributed by atoms with Crippen molar-refractivity contribution in [3.05, 3.63) is 0 Å². The van der Waals surface area contributed by atoms with Crippen molar-refractivity contribution in [1.29, 1.82) is 0 Å². The number of aliphatic hydroxyl groups is 1. The first-order valence-electron chi connectivity index (χ1n) is 6.57. The Hall–Kier alpha value is -1.10. The molecule has 0 aromatic carbocycles. The highest BCUT2D eigenvalue weighted by Crippen LogP contribution is 2.41. The van der Waals surface area contributed by atoms with Crippen LogP contribution in [0.3, 0.4) is 0 Å². The topological polar surface area (TPSA) is 77.8 Å². The largest absolute Gasteiger partial charge is 0.481 e. The summed E-state index contributed by atoms with van der Waals surface area (Å²) in [5.41, 5.74) is -0.875. The number of carbonyl (C=O) groups is 2. The average Bonchev–Trinajstić information content (AvgIpc) is 2.75. The normalized spacial score (nSPS) is 18.0. The van der Waals surface area contributed by atoms with E-state index in [1.807, 2.05) is 13.8 Å². The predicted molar refractivity (Wildman–Crippen MR) is 67.1 cm³/mol. The lowest BCUT2D eigenvalue weighted by atomic mass is 9.82. The number of carboxylic acid groups (broad SMARTS) is 1. The maximum absolute atomic E-state index is 12.2. The minimum atomic E-state index is -0.875. The predicted octanol–water partition coefficient (Wildman–Crippen LogP) is 1.25. The van der Waals surface area contributed by atoms with Crippen LogP contribution in [0.25, 0.3) is 0 Å². The Labute approximate surface area is 108 Å². The second-order valence-corrected chi connectivity index (χ2v) is 5.37. The van der Waals surface area contributed by atoms with Gasteiger partial charge in [-0.15, -0.1) is 0 Å². The van der Waals surface area contributed by atoms with E-state index in [0.29, 0.717) is 12.8 Å². The molecule has 0 aromatic heterocycles. The Morgan fingerprint density at radius 1 is 1.28 bits per heavy atom. The van der Waals surface area contributed by atoms with Crippen LogP contribution in [0, 0.1) is 5.41 Å². The quantitative estimate of drug-likeness (QED) is 0.750. The molecule has 1 amide bonds. The maximum atomic E-state index is 12.2. The van der Waals surface area contributed by atoms with Gasteiger partial charge in [0, 0.05) is 19.0 Å². The van der Waals surface area contributed by atoms with Gasteiger partial charge in [0.15, 0.2) is 0 Å². The van der Waals surface area contributed by atoms with Crippen LogP contribution in [0.4, 0.5) is 0 Å². The molecule has 1 fully saturated rings. The molecule has 1 aliphatic rings. The van der Waals surface area contributed by atoms with Crippen LogP contribution < -0.4 is 0 Å². The molecule has 5 heteroatoms. The van der Waals surface area contributed by atoms with Gasteiger partial charge in [-0.25, -0.2) is 0 Å². The van der Waals surface area contributed by atoms with Crippen LogP contribution in [0.1, 0.15) is 46.0 Å². The van der Waals surface area contributed by atoms with Gasteiger partial charge in [-0.05, 0) is 26.7 Å². The van der Waals surface area contributed by atoms with Gasteiger partial charge in [-0.2, -0.15) is 0 Å². The summed E-state index contributed by atoms with van der Waals surface area (Å²) in [7, 11) is 0. The fraction of sp³-hybridized carbons (Fsp3) is 0.846. The van der Waals surface area contributed by atoms with Gasteiger partial charge < -0.3 is 15.1 Å². The Balaban J connectivity index is 2.74. The van der Waals surface area contributed by atoms with Gasteiger partial charge in [0.1, 0.15) is 0 Å². The smallest absolute Gasteiger partial charge is 0.310 e. The van der Waals surface area contributed by atoms with Gasteiger partial charge >= 0.3 is 5.97 Å². The summed E-state index contributed by atoms with van der Waals surface area (Å²) >= 11 is 0. The third-order valence-electron chi connectivity index (χ3n) is 3.79. The summed E-state index contributed by atoms with van der Waals surface area (Å²) in [5, 5.41) is 18.3. The first-order valence-corrected chi connectivity index (χ1v) is 6.57. The number of nitrogens with zero attached hydrogens (tertiary/aromatic N) is 1. The lowest BCUT2D eigenvalue weighted by Gasteiger charge is -2.30. The average molecular weight is 257 g/mol. The molecular formula is C13H23NO4. The summed E-state index contributed by atoms with van der Waals surface area (Å²) in [6, 6.07) is -0.0168. The zero-order chi connectivity index (χ0) is 13.8. The highest BCUT2D eigenvalue weighted by Gasteiger charge is 2.43. The summed E-state index contributed by atoms with van der Waals surface area (Å²) in [6.07, 6.45) is 2.97. The number of carbonyl (C=O) groups excluding carboxylic acids is 1. The Morgan fingerprint density at radius 3 is 2.22 bits per heavy atom. The summed E-state index contributed by atoms with van der Waals surface area (Å²) < 4.78 is 0. The molecule has 18 heavy (non-hydrogen) atoms. The van der Waals surface area contributed by atoms with E-state index in [1.165, 1.54) is 0 Å². The zero-order valence-corrected chi connectivity index (χ0v) is 11.2. The van der Waals surface area contributed by atoms with E-state index in [4.69, 9.17) is 5.11 Å². The second-order valence-electron chi connectivity index (χ2n) is 5.37. The lowest BCUT2D eigenvalue weighted by Crippen LogP contribution is -2.43. The van der Waals surface area contributed by atoms with Crippen molar-refractivity contribution in [2.45, 2.75) is 52.0 Å². The molecule has 0 bridgehead atoms. The van der Waals surface area contributed by atoms with Gasteiger partial charge in [-0.3, -0.25) is 9.59 Å². The fourth-order valence-electron chi connectivity index (χ4n) is 2.69. The molecule has 1 aliphatic carbocycles. The van der Waals surface area contributed by atoms with Crippen LogP contribution in [0.5, 0.6) is 0 Å². The maximum Gasteiger partial charge on any atom is 0.310 e. The Morgan fingerprint density at radius 2 is 1.83 bits per heavy atom. The molecule has 2 N–H and O–H groups in total. The molecule has 0 heterocycles. The first kappa shape index (κ1) is 15.0. The molecule has 5 nitrogen and oxygen atoms in total. The number of aliphatic carboxylic acids is 1. The minimum absolute atomic E-state index is 0.0168. The molecule has 0 saturated heterocycles. The van der Waals surface area contributed by atoms with E-state index in [9.17, 15) is 14.7 Å². The van der Waals surface area contributed by atoms with Crippen molar-refractivity contribution in [3.8, 4) is 0 Å². The molecule has 0 aliphatic heterocycles. The third-order valence-corrected chi connectivity index (χ3v) is 3.79. The highest BCUT2D eigenvalue weighted by molar-refractivity contribution is 5.85. The third kappa shape index (κ3) is 3.22. The standard InChI is InChI=1S/C13H23NO4/c1-10(2)14(7-8-15)11(16)9-13(12(17)18)5-3-4-6-13/h10,15H,3-9H2,1-2H3,(H,17,18). The van der Waals surface area contributed by atoms with Gasteiger partial charge in [0.05, 0.1) is 12.0 Å². The van der Waals surface area contributed by atoms with Crippen LogP contribution in [0.2, 0.25) is 0 Å². The SMILES string of the molecule is CC(C)N(CCO)C(=O)CC1(C(=O)O)CCCC1. The van der Waals surface area contributed by atoms with Crippen molar-refractivity contribution in [2.75, 3.05) is 13.2 Å². The van der Waals surface area contributed by atoms with Crippen LogP contribution in [-0.2, 0) is 9.59 Å². The van der Waals surface area contributed by atoms with E-state index in [0.717, 1.165) is 12.8 Å². The fourth-order valence-corrected chi connectivity index (χ4v) is 2.69.